The molecule has 20 heavy (non-hydrogen) atoms. The van der Waals surface area contributed by atoms with Crippen molar-refractivity contribution in [1.29, 1.82) is 0 Å². The first-order chi connectivity index (χ1) is 9.58. The van der Waals surface area contributed by atoms with Crippen LogP contribution in [-0.2, 0) is 6.42 Å². The topological polar surface area (TPSA) is 49.3 Å². The highest BCUT2D eigenvalue weighted by molar-refractivity contribution is 5.88. The van der Waals surface area contributed by atoms with E-state index in [9.17, 15) is 13.6 Å². The van der Waals surface area contributed by atoms with Gasteiger partial charge in [-0.3, -0.25) is 0 Å². The minimum Gasteiger partial charge on any atom is -0.478 e. The van der Waals surface area contributed by atoms with Gasteiger partial charge in [-0.2, -0.15) is 0 Å². The van der Waals surface area contributed by atoms with Gasteiger partial charge in [0, 0.05) is 6.54 Å². The summed E-state index contributed by atoms with van der Waals surface area (Å²) in [5, 5.41) is 11.5. The molecule has 0 saturated heterocycles. The second kappa shape index (κ2) is 6.14. The third-order valence-corrected chi connectivity index (χ3v) is 2.88. The summed E-state index contributed by atoms with van der Waals surface area (Å²) in [4.78, 5) is 10.7. The smallest absolute Gasteiger partial charge is 0.335 e. The second-order valence-electron chi connectivity index (χ2n) is 4.27. The van der Waals surface area contributed by atoms with Crippen LogP contribution in [0.15, 0.2) is 42.5 Å². The highest BCUT2D eigenvalue weighted by Gasteiger charge is 2.08. The molecule has 0 aliphatic rings. The number of aromatic carboxylic acids is 1. The van der Waals surface area contributed by atoms with Crippen LogP contribution < -0.4 is 5.32 Å². The normalized spacial score (nSPS) is 10.3. The first-order valence-electron chi connectivity index (χ1n) is 6.08. The molecule has 0 aromatic heterocycles. The minimum atomic E-state index is -1.18. The van der Waals surface area contributed by atoms with E-state index < -0.39 is 11.8 Å². The number of rotatable bonds is 5. The molecule has 2 rings (SSSR count). The van der Waals surface area contributed by atoms with Crippen LogP contribution >= 0.6 is 0 Å². The van der Waals surface area contributed by atoms with Gasteiger partial charge in [0.25, 0.3) is 0 Å². The van der Waals surface area contributed by atoms with Gasteiger partial charge in [-0.25, -0.2) is 13.6 Å². The molecule has 0 unspecified atom stereocenters. The molecule has 2 N–H and O–H groups in total. The maximum absolute atomic E-state index is 13.6. The molecule has 0 amide bonds. The molecule has 0 heterocycles. The number of benzene rings is 2. The Morgan fingerprint density at radius 2 is 1.85 bits per heavy atom. The van der Waals surface area contributed by atoms with Crippen molar-refractivity contribution < 1.29 is 18.7 Å². The standard InChI is InChI=1S/C15H13F2NO2/c16-12-4-2-1-3-10(12)7-8-18-14-6-5-11(15(19)20)9-13(14)17/h1-6,9,18H,7-8H2,(H,19,20). The lowest BCUT2D eigenvalue weighted by atomic mass is 10.1. The van der Waals surface area contributed by atoms with Gasteiger partial charge in [0.1, 0.15) is 11.6 Å². The van der Waals surface area contributed by atoms with Crippen LogP contribution in [-0.4, -0.2) is 17.6 Å². The Bertz CT molecular complexity index is 629. The molecule has 0 atom stereocenters. The Morgan fingerprint density at radius 3 is 2.50 bits per heavy atom. The molecule has 0 aliphatic carbocycles. The van der Waals surface area contributed by atoms with Gasteiger partial charge < -0.3 is 10.4 Å². The largest absolute Gasteiger partial charge is 0.478 e. The zero-order valence-electron chi connectivity index (χ0n) is 10.6. The van der Waals surface area contributed by atoms with Crippen LogP contribution in [0.5, 0.6) is 0 Å². The van der Waals surface area contributed by atoms with E-state index >= 15 is 0 Å². The zero-order valence-corrected chi connectivity index (χ0v) is 10.6. The molecule has 2 aromatic carbocycles. The molecule has 0 bridgehead atoms. The minimum absolute atomic E-state index is 0.109. The van der Waals surface area contributed by atoms with Crippen molar-refractivity contribution in [3.05, 3.63) is 65.2 Å². The Morgan fingerprint density at radius 1 is 1.10 bits per heavy atom. The number of halogens is 2. The number of hydrogen-bond donors (Lipinski definition) is 2. The number of carboxylic acid groups (broad SMARTS) is 1. The summed E-state index contributed by atoms with van der Waals surface area (Å²) in [5.41, 5.74) is 0.635. The van der Waals surface area contributed by atoms with Crippen molar-refractivity contribution >= 4 is 11.7 Å². The second-order valence-corrected chi connectivity index (χ2v) is 4.27. The first kappa shape index (κ1) is 14.0. The van der Waals surface area contributed by atoms with Gasteiger partial charge in [-0.1, -0.05) is 18.2 Å². The van der Waals surface area contributed by atoms with Crippen molar-refractivity contribution in [2.45, 2.75) is 6.42 Å². The first-order valence-corrected chi connectivity index (χ1v) is 6.08. The number of nitrogens with one attached hydrogen (secondary N) is 1. The third-order valence-electron chi connectivity index (χ3n) is 2.88. The number of hydrogen-bond acceptors (Lipinski definition) is 2. The monoisotopic (exact) mass is 277 g/mol. The molecule has 2 aromatic rings. The van der Waals surface area contributed by atoms with E-state index in [1.54, 1.807) is 18.2 Å². The lowest BCUT2D eigenvalue weighted by Crippen LogP contribution is -2.08. The van der Waals surface area contributed by atoms with Crippen molar-refractivity contribution in [2.24, 2.45) is 0 Å². The van der Waals surface area contributed by atoms with Crippen LogP contribution in [0.1, 0.15) is 15.9 Å². The predicted octanol–water partition coefficient (Wildman–Crippen LogP) is 3.32. The van der Waals surface area contributed by atoms with Gasteiger partial charge in [-0.05, 0) is 36.2 Å². The van der Waals surface area contributed by atoms with Gasteiger partial charge >= 0.3 is 5.97 Å². The van der Waals surface area contributed by atoms with E-state index in [0.29, 0.717) is 18.5 Å². The molecule has 0 spiro atoms. The van der Waals surface area contributed by atoms with Crippen LogP contribution in [0.25, 0.3) is 0 Å². The summed E-state index contributed by atoms with van der Waals surface area (Å²) in [6.45, 7) is 0.351. The SMILES string of the molecule is O=C(O)c1ccc(NCCc2ccccc2F)c(F)c1. The average molecular weight is 277 g/mol. The van der Waals surface area contributed by atoms with Crippen molar-refractivity contribution in [1.82, 2.24) is 0 Å². The number of carbonyl (C=O) groups is 1. The fraction of sp³-hybridized carbons (Fsp3) is 0.133. The fourth-order valence-corrected chi connectivity index (χ4v) is 1.82. The highest BCUT2D eigenvalue weighted by atomic mass is 19.1. The van der Waals surface area contributed by atoms with Crippen molar-refractivity contribution in [3.8, 4) is 0 Å². The Kier molecular flexibility index (Phi) is 4.30. The van der Waals surface area contributed by atoms with E-state index in [1.807, 2.05) is 0 Å². The summed E-state index contributed by atoms with van der Waals surface area (Å²) >= 11 is 0. The maximum atomic E-state index is 13.6. The third kappa shape index (κ3) is 3.32. The van der Waals surface area contributed by atoms with Crippen LogP contribution in [0.4, 0.5) is 14.5 Å². The highest BCUT2D eigenvalue weighted by Crippen LogP contribution is 2.16. The summed E-state index contributed by atoms with van der Waals surface area (Å²) < 4.78 is 27.0. The van der Waals surface area contributed by atoms with E-state index in [-0.39, 0.29) is 17.1 Å². The zero-order chi connectivity index (χ0) is 14.5. The Labute approximate surface area is 114 Å². The summed E-state index contributed by atoms with van der Waals surface area (Å²) in [6, 6.07) is 10.0. The van der Waals surface area contributed by atoms with E-state index in [0.717, 1.165) is 6.07 Å². The molecular weight excluding hydrogens is 264 g/mol. The van der Waals surface area contributed by atoms with E-state index in [2.05, 4.69) is 5.32 Å². The van der Waals surface area contributed by atoms with E-state index in [4.69, 9.17) is 5.11 Å². The molecule has 0 aliphatic heterocycles. The quantitative estimate of drug-likeness (QED) is 0.881. The van der Waals surface area contributed by atoms with Gasteiger partial charge in [0.05, 0.1) is 11.3 Å². The van der Waals surface area contributed by atoms with Crippen LogP contribution in [0.3, 0.4) is 0 Å². The molecular formula is C15H13F2NO2. The average Bonchev–Trinajstić information content (AvgIpc) is 2.42. The van der Waals surface area contributed by atoms with Gasteiger partial charge in [0.15, 0.2) is 0 Å². The fourth-order valence-electron chi connectivity index (χ4n) is 1.82. The molecule has 3 nitrogen and oxygen atoms in total. The Balaban J connectivity index is 1.98. The van der Waals surface area contributed by atoms with Crippen LogP contribution in [0, 0.1) is 11.6 Å². The van der Waals surface area contributed by atoms with Gasteiger partial charge in [-0.15, -0.1) is 0 Å². The van der Waals surface area contributed by atoms with Crippen molar-refractivity contribution in [2.75, 3.05) is 11.9 Å². The summed E-state index contributed by atoms with van der Waals surface area (Å²) in [7, 11) is 0. The lowest BCUT2D eigenvalue weighted by molar-refractivity contribution is 0.0696. The number of anilines is 1. The van der Waals surface area contributed by atoms with E-state index in [1.165, 1.54) is 18.2 Å². The Hall–Kier alpha value is -2.43. The summed E-state index contributed by atoms with van der Waals surface area (Å²) in [6.07, 6.45) is 0.410. The van der Waals surface area contributed by atoms with Crippen LogP contribution in [0.2, 0.25) is 0 Å². The molecule has 104 valence electrons. The molecule has 5 heteroatoms. The maximum Gasteiger partial charge on any atom is 0.335 e. The lowest BCUT2D eigenvalue weighted by Gasteiger charge is -2.08. The molecule has 0 saturated carbocycles. The summed E-state index contributed by atoms with van der Waals surface area (Å²) in [5.74, 6) is -2.11. The predicted molar refractivity (Wildman–Crippen MR) is 72.0 cm³/mol. The van der Waals surface area contributed by atoms with Gasteiger partial charge in [0.2, 0.25) is 0 Å². The number of carboxylic acids is 1. The van der Waals surface area contributed by atoms with Crippen molar-refractivity contribution in [3.63, 3.8) is 0 Å². The molecule has 0 radical (unpaired) electrons. The molecule has 0 fully saturated rings.